The summed E-state index contributed by atoms with van der Waals surface area (Å²) in [7, 11) is 1.91. The van der Waals surface area contributed by atoms with Crippen LogP contribution in [0, 0.1) is 0 Å². The number of amides is 1. The van der Waals surface area contributed by atoms with Crippen LogP contribution in [0.25, 0.3) is 33.8 Å². The van der Waals surface area contributed by atoms with E-state index in [4.69, 9.17) is 19.7 Å². The van der Waals surface area contributed by atoms with E-state index in [1.165, 1.54) is 0 Å². The second-order valence-electron chi connectivity index (χ2n) is 9.28. The normalized spacial score (nSPS) is 16.3. The molecule has 0 saturated carbocycles. The van der Waals surface area contributed by atoms with Crippen LogP contribution in [-0.4, -0.2) is 79.5 Å². The highest BCUT2D eigenvalue weighted by Crippen LogP contribution is 2.31. The smallest absolute Gasteiger partial charge is 0.289 e. The fraction of sp³-hybridized carbons (Fsp3) is 0.423. The van der Waals surface area contributed by atoms with E-state index in [1.54, 1.807) is 4.68 Å². The number of rotatable bonds is 5. The van der Waals surface area contributed by atoms with Gasteiger partial charge in [-0.25, -0.2) is 15.0 Å². The predicted octanol–water partition coefficient (Wildman–Crippen LogP) is 2.99. The van der Waals surface area contributed by atoms with Gasteiger partial charge in [-0.2, -0.15) is 5.10 Å². The number of hydrogen-bond donors (Lipinski definition) is 0. The standard InChI is InChI=1S/C26H30N8O2/c1-3-34-24-21(27-25(34)26(35)33-10-4-5-11-33)23(32-13-15-36-16-14-32)28-22(29-24)19-8-6-7-18(17-19)20-9-12-31(2)30-20/h6-9,12,17H,3-5,10-11,13-16H2,1-2H3. The number of fused-ring (bicyclic) bond motifs is 1. The molecule has 6 rings (SSSR count). The topological polar surface area (TPSA) is 94.2 Å². The molecule has 0 aliphatic carbocycles. The largest absolute Gasteiger partial charge is 0.378 e. The molecule has 0 bridgehead atoms. The number of benzene rings is 1. The van der Waals surface area contributed by atoms with E-state index in [2.05, 4.69) is 16.1 Å². The Morgan fingerprint density at radius 3 is 2.50 bits per heavy atom. The van der Waals surface area contributed by atoms with Crippen molar-refractivity contribution in [3.63, 3.8) is 0 Å². The average molecular weight is 487 g/mol. The molecule has 36 heavy (non-hydrogen) atoms. The van der Waals surface area contributed by atoms with Crippen molar-refractivity contribution in [2.75, 3.05) is 44.3 Å². The molecule has 0 unspecified atom stereocenters. The maximum Gasteiger partial charge on any atom is 0.289 e. The van der Waals surface area contributed by atoms with Crippen LogP contribution in [0.3, 0.4) is 0 Å². The van der Waals surface area contributed by atoms with Gasteiger partial charge in [-0.15, -0.1) is 0 Å². The van der Waals surface area contributed by atoms with Crippen LogP contribution in [0.4, 0.5) is 5.82 Å². The minimum atomic E-state index is -0.0287. The summed E-state index contributed by atoms with van der Waals surface area (Å²) in [6.45, 7) is 6.87. The van der Waals surface area contributed by atoms with Crippen LogP contribution in [0.5, 0.6) is 0 Å². The van der Waals surface area contributed by atoms with E-state index in [-0.39, 0.29) is 5.91 Å². The zero-order valence-corrected chi connectivity index (χ0v) is 20.7. The minimum absolute atomic E-state index is 0.0287. The fourth-order valence-electron chi connectivity index (χ4n) is 5.02. The molecule has 3 aromatic heterocycles. The van der Waals surface area contributed by atoms with Gasteiger partial charge in [0.25, 0.3) is 5.91 Å². The molecular weight excluding hydrogens is 456 g/mol. The van der Waals surface area contributed by atoms with Crippen molar-refractivity contribution in [2.45, 2.75) is 26.3 Å². The van der Waals surface area contributed by atoms with Crippen LogP contribution >= 0.6 is 0 Å². The van der Waals surface area contributed by atoms with E-state index in [1.807, 2.05) is 53.9 Å². The van der Waals surface area contributed by atoms with Crippen molar-refractivity contribution in [1.29, 1.82) is 0 Å². The average Bonchev–Trinajstić information content (AvgIpc) is 3.68. The van der Waals surface area contributed by atoms with Gasteiger partial charge in [-0.3, -0.25) is 9.48 Å². The fourth-order valence-corrected chi connectivity index (χ4v) is 5.02. The Labute approximate surface area is 209 Å². The van der Waals surface area contributed by atoms with Crippen LogP contribution in [0.2, 0.25) is 0 Å². The third kappa shape index (κ3) is 4.01. The Hall–Kier alpha value is -3.79. The maximum absolute atomic E-state index is 13.4. The first-order chi connectivity index (χ1) is 17.6. The van der Waals surface area contributed by atoms with E-state index in [9.17, 15) is 4.79 Å². The number of ether oxygens (including phenoxy) is 1. The first-order valence-electron chi connectivity index (χ1n) is 12.6. The quantitative estimate of drug-likeness (QED) is 0.428. The Morgan fingerprint density at radius 2 is 1.78 bits per heavy atom. The van der Waals surface area contributed by atoms with Gasteiger partial charge in [0, 0.05) is 57.1 Å². The molecule has 2 aliphatic rings. The van der Waals surface area contributed by atoms with Crippen molar-refractivity contribution in [3.8, 4) is 22.6 Å². The molecule has 2 saturated heterocycles. The van der Waals surface area contributed by atoms with Crippen LogP contribution in [0.15, 0.2) is 36.5 Å². The summed E-state index contributed by atoms with van der Waals surface area (Å²) in [6, 6.07) is 10.1. The van der Waals surface area contributed by atoms with Gasteiger partial charge >= 0.3 is 0 Å². The number of aryl methyl sites for hydroxylation is 2. The van der Waals surface area contributed by atoms with Gasteiger partial charge in [-0.1, -0.05) is 18.2 Å². The van der Waals surface area contributed by atoms with E-state index in [0.29, 0.717) is 55.7 Å². The van der Waals surface area contributed by atoms with Gasteiger partial charge in [0.1, 0.15) is 0 Å². The molecule has 2 aliphatic heterocycles. The summed E-state index contributed by atoms with van der Waals surface area (Å²) in [5.41, 5.74) is 4.15. The molecule has 10 nitrogen and oxygen atoms in total. The minimum Gasteiger partial charge on any atom is -0.378 e. The number of anilines is 1. The summed E-state index contributed by atoms with van der Waals surface area (Å²) in [5, 5.41) is 4.54. The highest BCUT2D eigenvalue weighted by Gasteiger charge is 2.29. The maximum atomic E-state index is 13.4. The molecule has 10 heteroatoms. The molecule has 1 aromatic carbocycles. The predicted molar refractivity (Wildman–Crippen MR) is 137 cm³/mol. The van der Waals surface area contributed by atoms with Crippen molar-refractivity contribution >= 4 is 22.9 Å². The van der Waals surface area contributed by atoms with Crippen molar-refractivity contribution in [3.05, 3.63) is 42.4 Å². The second kappa shape index (κ2) is 9.34. The lowest BCUT2D eigenvalue weighted by Gasteiger charge is -2.28. The lowest BCUT2D eigenvalue weighted by atomic mass is 10.1. The van der Waals surface area contributed by atoms with Crippen molar-refractivity contribution in [2.24, 2.45) is 7.05 Å². The number of morpholine rings is 1. The lowest BCUT2D eigenvalue weighted by Crippen LogP contribution is -2.37. The summed E-state index contributed by atoms with van der Waals surface area (Å²) >= 11 is 0. The molecule has 0 atom stereocenters. The summed E-state index contributed by atoms with van der Waals surface area (Å²) in [5.74, 6) is 1.78. The molecule has 1 amide bonds. The zero-order chi connectivity index (χ0) is 24.6. The molecule has 0 N–H and O–H groups in total. The van der Waals surface area contributed by atoms with E-state index < -0.39 is 0 Å². The SMILES string of the molecule is CCn1c(C(=O)N2CCCC2)nc2c(N3CCOCC3)nc(-c3cccc(-c4ccn(C)n4)c3)nc21. The highest BCUT2D eigenvalue weighted by atomic mass is 16.5. The zero-order valence-electron chi connectivity index (χ0n) is 20.7. The highest BCUT2D eigenvalue weighted by molar-refractivity contribution is 5.97. The van der Waals surface area contributed by atoms with E-state index in [0.717, 1.165) is 48.6 Å². The number of imidazole rings is 1. The molecule has 0 spiro atoms. The number of carbonyl (C=O) groups is 1. The molecule has 5 heterocycles. The number of aromatic nitrogens is 6. The van der Waals surface area contributed by atoms with Gasteiger partial charge in [-0.05, 0) is 31.9 Å². The van der Waals surface area contributed by atoms with Gasteiger partial charge in [0.2, 0.25) is 5.82 Å². The van der Waals surface area contributed by atoms with Gasteiger partial charge < -0.3 is 19.1 Å². The van der Waals surface area contributed by atoms with Gasteiger partial charge in [0.05, 0.1) is 18.9 Å². The number of hydrogen-bond acceptors (Lipinski definition) is 7. The van der Waals surface area contributed by atoms with E-state index >= 15 is 0 Å². The Morgan fingerprint density at radius 1 is 1.00 bits per heavy atom. The monoisotopic (exact) mass is 486 g/mol. The third-order valence-corrected chi connectivity index (χ3v) is 6.92. The van der Waals surface area contributed by atoms with Crippen LogP contribution < -0.4 is 4.90 Å². The summed E-state index contributed by atoms with van der Waals surface area (Å²) in [6.07, 6.45) is 4.00. The van der Waals surface area contributed by atoms with Crippen molar-refractivity contribution < 1.29 is 9.53 Å². The van der Waals surface area contributed by atoms with Crippen LogP contribution in [0.1, 0.15) is 30.4 Å². The first-order valence-corrected chi connectivity index (χ1v) is 12.6. The Kier molecular flexibility index (Phi) is 5.88. The second-order valence-corrected chi connectivity index (χ2v) is 9.28. The molecule has 2 fully saturated rings. The number of carbonyl (C=O) groups excluding carboxylic acids is 1. The van der Waals surface area contributed by atoms with Crippen LogP contribution in [-0.2, 0) is 18.3 Å². The molecular formula is C26H30N8O2. The van der Waals surface area contributed by atoms with Crippen molar-refractivity contribution in [1.82, 2.24) is 34.2 Å². The van der Waals surface area contributed by atoms with Gasteiger partial charge in [0.15, 0.2) is 22.8 Å². The summed E-state index contributed by atoms with van der Waals surface area (Å²) < 4.78 is 9.32. The molecule has 4 aromatic rings. The Balaban J connectivity index is 1.51. The molecule has 186 valence electrons. The lowest BCUT2D eigenvalue weighted by molar-refractivity contribution is 0.0776. The first kappa shape index (κ1) is 22.7. The summed E-state index contributed by atoms with van der Waals surface area (Å²) in [4.78, 5) is 32.3. The molecule has 0 radical (unpaired) electrons. The third-order valence-electron chi connectivity index (χ3n) is 6.92. The number of nitrogens with zero attached hydrogens (tertiary/aromatic N) is 8. The Bertz CT molecular complexity index is 1410. The number of likely N-dealkylation sites (tertiary alicyclic amines) is 1.